The Morgan fingerprint density at radius 2 is 2.00 bits per heavy atom. The van der Waals surface area contributed by atoms with Gasteiger partial charge in [-0.1, -0.05) is 18.2 Å². The van der Waals surface area contributed by atoms with Crippen LogP contribution in [0.25, 0.3) is 0 Å². The summed E-state index contributed by atoms with van der Waals surface area (Å²) in [5.41, 5.74) is 0.558. The SMILES string of the molecule is C=CCNC(=O)c1ccccc1C(=O)OC. The van der Waals surface area contributed by atoms with Gasteiger partial charge in [-0.05, 0) is 12.1 Å². The molecule has 0 aliphatic heterocycles. The third-order valence-corrected chi connectivity index (χ3v) is 1.98. The van der Waals surface area contributed by atoms with Crippen LogP contribution >= 0.6 is 0 Å². The molecule has 0 radical (unpaired) electrons. The fourth-order valence-electron chi connectivity index (χ4n) is 1.23. The molecule has 0 aliphatic carbocycles. The summed E-state index contributed by atoms with van der Waals surface area (Å²) >= 11 is 0. The number of esters is 1. The second kappa shape index (κ2) is 5.70. The van der Waals surface area contributed by atoms with E-state index < -0.39 is 5.97 Å². The standard InChI is InChI=1S/C12H13NO3/c1-3-8-13-11(14)9-6-4-5-7-10(9)12(15)16-2/h3-7H,1,8H2,2H3,(H,13,14). The van der Waals surface area contributed by atoms with Crippen LogP contribution in [0.1, 0.15) is 20.7 Å². The van der Waals surface area contributed by atoms with Gasteiger partial charge in [0.1, 0.15) is 0 Å². The van der Waals surface area contributed by atoms with Gasteiger partial charge in [-0.15, -0.1) is 6.58 Å². The molecule has 0 heterocycles. The van der Waals surface area contributed by atoms with Crippen molar-refractivity contribution >= 4 is 11.9 Å². The van der Waals surface area contributed by atoms with Crippen molar-refractivity contribution in [1.29, 1.82) is 0 Å². The highest BCUT2D eigenvalue weighted by atomic mass is 16.5. The molecule has 16 heavy (non-hydrogen) atoms. The maximum Gasteiger partial charge on any atom is 0.338 e. The third kappa shape index (κ3) is 2.70. The zero-order valence-electron chi connectivity index (χ0n) is 9.03. The molecule has 0 aromatic heterocycles. The zero-order valence-corrected chi connectivity index (χ0v) is 9.03. The maximum absolute atomic E-state index is 11.7. The number of hydrogen-bond acceptors (Lipinski definition) is 3. The zero-order chi connectivity index (χ0) is 12.0. The first-order valence-electron chi connectivity index (χ1n) is 4.77. The fourth-order valence-corrected chi connectivity index (χ4v) is 1.23. The van der Waals surface area contributed by atoms with Gasteiger partial charge >= 0.3 is 5.97 Å². The Bertz CT molecular complexity index is 412. The first kappa shape index (κ1) is 12.0. The second-order valence-corrected chi connectivity index (χ2v) is 3.04. The fraction of sp³-hybridized carbons (Fsp3) is 0.167. The predicted octanol–water partition coefficient (Wildman–Crippen LogP) is 1.39. The molecule has 1 N–H and O–H groups in total. The molecule has 0 atom stereocenters. The highest BCUT2D eigenvalue weighted by molar-refractivity contribution is 6.05. The molecule has 0 bridgehead atoms. The highest BCUT2D eigenvalue weighted by Gasteiger charge is 2.15. The topological polar surface area (TPSA) is 55.4 Å². The van der Waals surface area contributed by atoms with Crippen molar-refractivity contribution in [2.45, 2.75) is 0 Å². The normalized spacial score (nSPS) is 9.31. The van der Waals surface area contributed by atoms with Crippen molar-refractivity contribution in [2.75, 3.05) is 13.7 Å². The first-order valence-corrected chi connectivity index (χ1v) is 4.77. The minimum Gasteiger partial charge on any atom is -0.465 e. The van der Waals surface area contributed by atoms with Crippen molar-refractivity contribution in [2.24, 2.45) is 0 Å². The lowest BCUT2D eigenvalue weighted by Crippen LogP contribution is -2.25. The molecule has 1 amide bonds. The van der Waals surface area contributed by atoms with E-state index in [1.807, 2.05) is 0 Å². The number of carbonyl (C=O) groups excluding carboxylic acids is 2. The monoisotopic (exact) mass is 219 g/mol. The molecule has 4 nitrogen and oxygen atoms in total. The molecule has 1 aromatic rings. The average molecular weight is 219 g/mol. The molecular weight excluding hydrogens is 206 g/mol. The molecule has 1 aromatic carbocycles. The van der Waals surface area contributed by atoms with Gasteiger partial charge in [-0.2, -0.15) is 0 Å². The van der Waals surface area contributed by atoms with Crippen LogP contribution in [0.3, 0.4) is 0 Å². The Hall–Kier alpha value is -2.10. The maximum atomic E-state index is 11.7. The van der Waals surface area contributed by atoms with Crippen LogP contribution in [-0.4, -0.2) is 25.5 Å². The van der Waals surface area contributed by atoms with Crippen molar-refractivity contribution in [1.82, 2.24) is 5.32 Å². The van der Waals surface area contributed by atoms with Gasteiger partial charge in [0.15, 0.2) is 0 Å². The summed E-state index contributed by atoms with van der Waals surface area (Å²) in [7, 11) is 1.28. The number of rotatable bonds is 4. The van der Waals surface area contributed by atoms with Crippen LogP contribution in [0.2, 0.25) is 0 Å². The smallest absolute Gasteiger partial charge is 0.338 e. The Balaban J connectivity index is 2.98. The number of amides is 1. The molecular formula is C12H13NO3. The molecule has 0 aliphatic rings. The minimum absolute atomic E-state index is 0.256. The van der Waals surface area contributed by atoms with Gasteiger partial charge in [0.05, 0.1) is 18.2 Å². The quantitative estimate of drug-likeness (QED) is 0.615. The summed E-state index contributed by atoms with van der Waals surface area (Å²) in [5.74, 6) is -0.842. The van der Waals surface area contributed by atoms with Crippen LogP contribution in [-0.2, 0) is 4.74 Å². The van der Waals surface area contributed by atoms with Crippen molar-refractivity contribution < 1.29 is 14.3 Å². The highest BCUT2D eigenvalue weighted by Crippen LogP contribution is 2.09. The van der Waals surface area contributed by atoms with E-state index in [2.05, 4.69) is 16.6 Å². The molecule has 0 saturated carbocycles. The number of carbonyl (C=O) groups is 2. The molecule has 1 rings (SSSR count). The van der Waals surface area contributed by atoms with E-state index in [-0.39, 0.29) is 11.5 Å². The third-order valence-electron chi connectivity index (χ3n) is 1.98. The predicted molar refractivity (Wildman–Crippen MR) is 60.3 cm³/mol. The van der Waals surface area contributed by atoms with E-state index in [1.54, 1.807) is 30.3 Å². The Morgan fingerprint density at radius 1 is 1.38 bits per heavy atom. The lowest BCUT2D eigenvalue weighted by atomic mass is 10.1. The Morgan fingerprint density at radius 3 is 2.56 bits per heavy atom. The molecule has 84 valence electrons. The molecule has 4 heteroatoms. The van der Waals surface area contributed by atoms with E-state index >= 15 is 0 Å². The van der Waals surface area contributed by atoms with Crippen LogP contribution in [0.15, 0.2) is 36.9 Å². The summed E-state index contributed by atoms with van der Waals surface area (Å²) in [4.78, 5) is 23.1. The van der Waals surface area contributed by atoms with Crippen LogP contribution in [0.4, 0.5) is 0 Å². The number of benzene rings is 1. The number of nitrogens with one attached hydrogen (secondary N) is 1. The largest absolute Gasteiger partial charge is 0.465 e. The Kier molecular flexibility index (Phi) is 4.27. The summed E-state index contributed by atoms with van der Waals surface area (Å²) in [6.07, 6.45) is 1.57. The van der Waals surface area contributed by atoms with Gasteiger partial charge in [0, 0.05) is 6.54 Å². The van der Waals surface area contributed by atoms with Gasteiger partial charge in [0.25, 0.3) is 5.91 Å². The minimum atomic E-state index is -0.524. The van der Waals surface area contributed by atoms with Gasteiger partial charge in [-0.3, -0.25) is 4.79 Å². The van der Waals surface area contributed by atoms with Crippen LogP contribution in [0, 0.1) is 0 Å². The van der Waals surface area contributed by atoms with E-state index in [9.17, 15) is 9.59 Å². The summed E-state index contributed by atoms with van der Waals surface area (Å²) in [5, 5.41) is 2.60. The van der Waals surface area contributed by atoms with E-state index in [1.165, 1.54) is 7.11 Å². The van der Waals surface area contributed by atoms with Gasteiger partial charge in [-0.25, -0.2) is 4.79 Å². The summed E-state index contributed by atoms with van der Waals surface area (Å²) in [6.45, 7) is 3.85. The van der Waals surface area contributed by atoms with E-state index in [0.717, 1.165) is 0 Å². The second-order valence-electron chi connectivity index (χ2n) is 3.04. The van der Waals surface area contributed by atoms with Gasteiger partial charge < -0.3 is 10.1 Å². The van der Waals surface area contributed by atoms with Crippen LogP contribution in [0.5, 0.6) is 0 Å². The first-order chi connectivity index (χ1) is 7.70. The number of methoxy groups -OCH3 is 1. The molecule has 0 spiro atoms. The Labute approximate surface area is 93.9 Å². The van der Waals surface area contributed by atoms with Crippen molar-refractivity contribution in [3.8, 4) is 0 Å². The number of hydrogen-bond donors (Lipinski definition) is 1. The summed E-state index contributed by atoms with van der Waals surface area (Å²) < 4.78 is 4.59. The van der Waals surface area contributed by atoms with E-state index in [4.69, 9.17) is 0 Å². The molecule has 0 fully saturated rings. The summed E-state index contributed by atoms with van der Waals surface area (Å²) in [6, 6.07) is 6.49. The number of ether oxygens (including phenoxy) is 1. The van der Waals surface area contributed by atoms with Crippen molar-refractivity contribution in [3.05, 3.63) is 48.0 Å². The molecule has 0 saturated heterocycles. The van der Waals surface area contributed by atoms with Gasteiger partial charge in [0.2, 0.25) is 0 Å². The molecule has 0 unspecified atom stereocenters. The lowest BCUT2D eigenvalue weighted by molar-refractivity contribution is 0.0596. The van der Waals surface area contributed by atoms with Crippen molar-refractivity contribution in [3.63, 3.8) is 0 Å². The lowest BCUT2D eigenvalue weighted by Gasteiger charge is -2.07. The van der Waals surface area contributed by atoms with E-state index in [0.29, 0.717) is 12.1 Å². The average Bonchev–Trinajstić information content (AvgIpc) is 2.35. The van der Waals surface area contributed by atoms with Crippen LogP contribution < -0.4 is 5.32 Å².